The van der Waals surface area contributed by atoms with Crippen LogP contribution in [0.5, 0.6) is 0 Å². The lowest BCUT2D eigenvalue weighted by Gasteiger charge is -2.35. The number of hydrogen-bond acceptors (Lipinski definition) is 5. The van der Waals surface area contributed by atoms with Gasteiger partial charge in [0.1, 0.15) is 11.5 Å². The lowest BCUT2D eigenvalue weighted by molar-refractivity contribution is -0.134. The third-order valence-corrected chi connectivity index (χ3v) is 6.61. The second-order valence-electron chi connectivity index (χ2n) is 6.53. The Balaban J connectivity index is 1.79. The molecule has 0 saturated carbocycles. The second-order valence-corrected chi connectivity index (χ2v) is 8.86. The first kappa shape index (κ1) is 19.7. The van der Waals surface area contributed by atoms with Crippen LogP contribution in [0.2, 0.25) is 5.15 Å². The van der Waals surface area contributed by atoms with Gasteiger partial charge in [0.25, 0.3) is 0 Å². The molecular weight excluding hydrogens is 399 g/mol. The first-order valence-corrected chi connectivity index (χ1v) is 10.2. The average molecular weight is 417 g/mol. The predicted molar refractivity (Wildman–Crippen MR) is 96.3 cm³/mol. The molecule has 27 heavy (non-hydrogen) atoms. The van der Waals surface area contributed by atoms with Crippen LogP contribution in [0.25, 0.3) is 11.5 Å². The number of nitrogens with one attached hydrogen (secondary N) is 1. The third kappa shape index (κ3) is 4.28. The van der Waals surface area contributed by atoms with Crippen LogP contribution in [0, 0.1) is 11.7 Å². The number of carboxylic acids is 1. The van der Waals surface area contributed by atoms with Crippen molar-refractivity contribution in [2.24, 2.45) is 5.92 Å². The molecule has 3 rings (SSSR count). The Bertz CT molecular complexity index is 948. The summed E-state index contributed by atoms with van der Waals surface area (Å²) in [5.41, 5.74) is 1.11. The molecule has 2 atom stereocenters. The van der Waals surface area contributed by atoms with E-state index >= 15 is 0 Å². The molecule has 1 saturated heterocycles. The van der Waals surface area contributed by atoms with Gasteiger partial charge in [0, 0.05) is 19.0 Å². The van der Waals surface area contributed by atoms with Crippen LogP contribution < -0.4 is 0 Å². The maximum absolute atomic E-state index is 13.0. The highest BCUT2D eigenvalue weighted by atomic mass is 35.5. The lowest BCUT2D eigenvalue weighted by atomic mass is 9.86. The fraction of sp³-hybridized carbons (Fsp3) is 0.438. The Morgan fingerprint density at radius 2 is 2.22 bits per heavy atom. The molecule has 11 heteroatoms. The summed E-state index contributed by atoms with van der Waals surface area (Å²) in [6.45, 7) is 2.27. The lowest BCUT2D eigenvalue weighted by Crippen LogP contribution is -2.44. The van der Waals surface area contributed by atoms with Gasteiger partial charge >= 0.3 is 5.97 Å². The number of aromatic amines is 1. The fourth-order valence-electron chi connectivity index (χ4n) is 3.28. The average Bonchev–Trinajstić information content (AvgIpc) is 2.96. The van der Waals surface area contributed by atoms with Gasteiger partial charge in [0.15, 0.2) is 16.7 Å². The van der Waals surface area contributed by atoms with Crippen molar-refractivity contribution in [3.8, 4) is 11.5 Å². The molecule has 146 valence electrons. The van der Waals surface area contributed by atoms with Gasteiger partial charge in [-0.25, -0.2) is 27.1 Å². The summed E-state index contributed by atoms with van der Waals surface area (Å²) in [7, 11) is -3.84. The first-order valence-electron chi connectivity index (χ1n) is 8.24. The number of piperidine rings is 1. The zero-order chi connectivity index (χ0) is 19.8. The number of aromatic nitrogens is 3. The molecule has 0 spiro atoms. The Hall–Kier alpha value is -2.04. The van der Waals surface area contributed by atoms with Crippen molar-refractivity contribution in [3.63, 3.8) is 0 Å². The molecule has 0 aliphatic carbocycles. The molecule has 8 nitrogen and oxygen atoms in total. The van der Waals surface area contributed by atoms with E-state index in [4.69, 9.17) is 16.7 Å². The third-order valence-electron chi connectivity index (χ3n) is 4.59. The summed E-state index contributed by atoms with van der Waals surface area (Å²) < 4.78 is 38.5. The minimum atomic E-state index is -3.84. The van der Waals surface area contributed by atoms with Crippen molar-refractivity contribution < 1.29 is 22.7 Å². The van der Waals surface area contributed by atoms with E-state index in [1.807, 2.05) is 6.92 Å². The van der Waals surface area contributed by atoms with E-state index in [9.17, 15) is 17.6 Å². The molecule has 1 fully saturated rings. The van der Waals surface area contributed by atoms with Gasteiger partial charge in [-0.05, 0) is 24.5 Å². The number of imidazole rings is 1. The summed E-state index contributed by atoms with van der Waals surface area (Å²) in [4.78, 5) is 22.1. The van der Waals surface area contributed by atoms with Crippen molar-refractivity contribution in [2.75, 3.05) is 18.8 Å². The quantitative estimate of drug-likeness (QED) is 0.771. The van der Waals surface area contributed by atoms with Gasteiger partial charge in [-0.2, -0.15) is 0 Å². The zero-order valence-electron chi connectivity index (χ0n) is 14.4. The van der Waals surface area contributed by atoms with Crippen LogP contribution in [0.3, 0.4) is 0 Å². The van der Waals surface area contributed by atoms with Gasteiger partial charge in [0.2, 0.25) is 10.0 Å². The first-order chi connectivity index (χ1) is 12.7. The van der Waals surface area contributed by atoms with Crippen molar-refractivity contribution in [1.29, 1.82) is 0 Å². The summed E-state index contributed by atoms with van der Waals surface area (Å²) >= 11 is 6.27. The maximum atomic E-state index is 13.0. The van der Waals surface area contributed by atoms with E-state index in [2.05, 4.69) is 15.0 Å². The molecule has 2 aromatic heterocycles. The number of carboxylic acid groups (broad SMARTS) is 1. The Morgan fingerprint density at radius 3 is 2.81 bits per heavy atom. The van der Waals surface area contributed by atoms with E-state index in [1.165, 1.54) is 16.4 Å². The molecule has 0 radical (unpaired) electrons. The van der Waals surface area contributed by atoms with Crippen LogP contribution in [0.15, 0.2) is 18.3 Å². The van der Waals surface area contributed by atoms with E-state index in [0.717, 1.165) is 6.20 Å². The molecule has 1 aliphatic rings. The van der Waals surface area contributed by atoms with Crippen molar-refractivity contribution in [2.45, 2.75) is 19.3 Å². The van der Waals surface area contributed by atoms with Crippen LogP contribution >= 0.6 is 11.6 Å². The summed E-state index contributed by atoms with van der Waals surface area (Å²) in [6, 6.07) is 2.76. The molecular formula is C16H18ClFN4O4S. The molecule has 2 aromatic rings. The minimum absolute atomic E-state index is 0.0736. The number of rotatable bonds is 5. The summed E-state index contributed by atoms with van der Waals surface area (Å²) in [5.74, 6) is -2.53. The number of carbonyl (C=O) groups is 1. The van der Waals surface area contributed by atoms with Crippen LogP contribution in [0.1, 0.15) is 25.0 Å². The Morgan fingerprint density at radius 1 is 1.48 bits per heavy atom. The van der Waals surface area contributed by atoms with E-state index in [1.54, 1.807) is 0 Å². The zero-order valence-corrected chi connectivity index (χ0v) is 16.0. The van der Waals surface area contributed by atoms with Crippen LogP contribution in [-0.4, -0.2) is 57.6 Å². The number of halogens is 2. The fourth-order valence-corrected chi connectivity index (χ4v) is 4.90. The number of H-pyrrole nitrogens is 1. The predicted octanol–water partition coefficient (Wildman–Crippen LogP) is 2.10. The van der Waals surface area contributed by atoms with E-state index in [-0.39, 0.29) is 30.1 Å². The molecule has 0 amide bonds. The van der Waals surface area contributed by atoms with Gasteiger partial charge in [-0.1, -0.05) is 18.5 Å². The highest BCUT2D eigenvalue weighted by Crippen LogP contribution is 2.37. The van der Waals surface area contributed by atoms with Gasteiger partial charge < -0.3 is 10.1 Å². The van der Waals surface area contributed by atoms with Crippen LogP contribution in [-0.2, 0) is 14.8 Å². The van der Waals surface area contributed by atoms with Gasteiger partial charge in [0.05, 0.1) is 11.9 Å². The highest BCUT2D eigenvalue weighted by Gasteiger charge is 2.36. The molecule has 0 aromatic carbocycles. The number of nitrogens with zero attached hydrogens (tertiary/aromatic N) is 3. The molecule has 1 aliphatic heterocycles. The maximum Gasteiger partial charge on any atom is 0.320 e. The molecule has 0 unspecified atom stereocenters. The van der Waals surface area contributed by atoms with Crippen LogP contribution in [0.4, 0.5) is 4.39 Å². The minimum Gasteiger partial charge on any atom is -0.480 e. The number of pyridine rings is 1. The summed E-state index contributed by atoms with van der Waals surface area (Å²) in [6.07, 6.45) is 1.55. The molecule has 0 bridgehead atoms. The number of sulfonamides is 1. The van der Waals surface area contributed by atoms with E-state index < -0.39 is 27.6 Å². The van der Waals surface area contributed by atoms with Gasteiger partial charge in [-0.15, -0.1) is 0 Å². The SMILES string of the molecule is C[C@H]1CN(S(=O)(=O)CC(=O)O)CC[C@H]1c1[nH]c(-c2ccc(F)cn2)nc1Cl. The second kappa shape index (κ2) is 7.53. The van der Waals surface area contributed by atoms with Crippen molar-refractivity contribution in [1.82, 2.24) is 19.3 Å². The highest BCUT2D eigenvalue weighted by molar-refractivity contribution is 7.89. The van der Waals surface area contributed by atoms with Gasteiger partial charge in [-0.3, -0.25) is 4.79 Å². The van der Waals surface area contributed by atoms with Crippen molar-refractivity contribution in [3.05, 3.63) is 35.0 Å². The van der Waals surface area contributed by atoms with E-state index in [0.29, 0.717) is 23.6 Å². The number of aliphatic carboxylic acids is 1. The molecule has 3 heterocycles. The normalized spacial score (nSPS) is 21.3. The Labute approximate surface area is 160 Å². The molecule has 2 N–H and O–H groups in total. The smallest absolute Gasteiger partial charge is 0.320 e. The monoisotopic (exact) mass is 416 g/mol. The van der Waals surface area contributed by atoms with Crippen molar-refractivity contribution >= 4 is 27.6 Å². The standard InChI is InChI=1S/C16H18ClFN4O4S/c1-9-7-22(27(25,26)8-13(23)24)5-4-11(9)14-15(17)21-16(20-14)12-3-2-10(18)6-19-12/h2-3,6,9,11H,4-5,7-8H2,1H3,(H,20,21)(H,23,24)/t9-,11+/m0/s1. The topological polar surface area (TPSA) is 116 Å². The Kier molecular flexibility index (Phi) is 5.50. The largest absolute Gasteiger partial charge is 0.480 e. The summed E-state index contributed by atoms with van der Waals surface area (Å²) in [5, 5.41) is 9.03. The number of hydrogen-bond donors (Lipinski definition) is 2.